The van der Waals surface area contributed by atoms with E-state index in [0.717, 1.165) is 0 Å². The standard InChI is InChI=1S/C16H23N3O5S/c1-17-25(23,24)14-4-2-3-11(9-14)10-18-16(22)19-13-7-5-12(6-8-13)15(20)21/h2-4,9,12-13,17H,5-8,10H2,1H3,(H,20,21)(H2,18,19,22). The van der Waals surface area contributed by atoms with Crippen LogP contribution >= 0.6 is 0 Å². The number of urea groups is 1. The predicted octanol–water partition coefficient (Wildman–Crippen LogP) is 1.04. The lowest BCUT2D eigenvalue weighted by molar-refractivity contribution is -0.142. The summed E-state index contributed by atoms with van der Waals surface area (Å²) in [6.45, 7) is 0.198. The van der Waals surface area contributed by atoms with Gasteiger partial charge in [-0.3, -0.25) is 4.79 Å². The van der Waals surface area contributed by atoms with E-state index >= 15 is 0 Å². The number of hydrogen-bond acceptors (Lipinski definition) is 4. The molecular weight excluding hydrogens is 346 g/mol. The molecule has 1 aromatic carbocycles. The van der Waals surface area contributed by atoms with Gasteiger partial charge in [0.1, 0.15) is 0 Å². The number of carboxylic acids is 1. The quantitative estimate of drug-likeness (QED) is 0.596. The zero-order chi connectivity index (χ0) is 18.4. The molecule has 4 N–H and O–H groups in total. The second-order valence-corrected chi connectivity index (χ2v) is 7.96. The highest BCUT2D eigenvalue weighted by Gasteiger charge is 2.26. The summed E-state index contributed by atoms with van der Waals surface area (Å²) in [4.78, 5) is 23.0. The third kappa shape index (κ3) is 5.43. The minimum atomic E-state index is -3.52. The van der Waals surface area contributed by atoms with Crippen molar-refractivity contribution in [1.82, 2.24) is 15.4 Å². The average Bonchev–Trinajstić information content (AvgIpc) is 2.60. The molecule has 0 atom stereocenters. The van der Waals surface area contributed by atoms with Crippen molar-refractivity contribution in [3.63, 3.8) is 0 Å². The van der Waals surface area contributed by atoms with Crippen molar-refractivity contribution >= 4 is 22.0 Å². The topological polar surface area (TPSA) is 125 Å². The Morgan fingerprint density at radius 3 is 2.48 bits per heavy atom. The molecule has 8 nitrogen and oxygen atoms in total. The van der Waals surface area contributed by atoms with Crippen molar-refractivity contribution < 1.29 is 23.1 Å². The molecule has 2 rings (SSSR count). The summed E-state index contributed by atoms with van der Waals surface area (Å²) in [6, 6.07) is 5.95. The van der Waals surface area contributed by atoms with Crippen LogP contribution in [0.15, 0.2) is 29.2 Å². The van der Waals surface area contributed by atoms with Gasteiger partial charge in [0.2, 0.25) is 10.0 Å². The summed E-state index contributed by atoms with van der Waals surface area (Å²) in [5.74, 6) is -1.10. The molecular formula is C16H23N3O5S. The number of carbonyl (C=O) groups is 2. The van der Waals surface area contributed by atoms with E-state index in [-0.39, 0.29) is 29.4 Å². The smallest absolute Gasteiger partial charge is 0.315 e. The number of carboxylic acid groups (broad SMARTS) is 1. The van der Waals surface area contributed by atoms with Crippen LogP contribution in [0.2, 0.25) is 0 Å². The lowest BCUT2D eigenvalue weighted by atomic mass is 9.86. The first-order chi connectivity index (χ1) is 11.8. The number of hydrogen-bond donors (Lipinski definition) is 4. The van der Waals surface area contributed by atoms with Crippen molar-refractivity contribution in [3.8, 4) is 0 Å². The second-order valence-electron chi connectivity index (χ2n) is 6.07. The molecule has 0 radical (unpaired) electrons. The van der Waals surface area contributed by atoms with Crippen LogP contribution in [0.25, 0.3) is 0 Å². The Kier molecular flexibility index (Phi) is 6.38. The van der Waals surface area contributed by atoms with Gasteiger partial charge in [-0.15, -0.1) is 0 Å². The fourth-order valence-corrected chi connectivity index (χ4v) is 3.64. The van der Waals surface area contributed by atoms with Gasteiger partial charge in [0.25, 0.3) is 0 Å². The first kappa shape index (κ1) is 19.2. The van der Waals surface area contributed by atoms with Gasteiger partial charge in [-0.05, 0) is 50.4 Å². The maximum absolute atomic E-state index is 12.0. The molecule has 138 valence electrons. The Morgan fingerprint density at radius 2 is 1.88 bits per heavy atom. The fraction of sp³-hybridized carbons (Fsp3) is 0.500. The summed E-state index contributed by atoms with van der Waals surface area (Å²) < 4.78 is 25.8. The second kappa shape index (κ2) is 8.30. The zero-order valence-corrected chi connectivity index (χ0v) is 14.8. The number of carbonyl (C=O) groups excluding carboxylic acids is 1. The Balaban J connectivity index is 1.83. The highest BCUT2D eigenvalue weighted by Crippen LogP contribution is 2.24. The molecule has 1 aromatic rings. The van der Waals surface area contributed by atoms with Crippen molar-refractivity contribution in [2.45, 2.75) is 43.2 Å². The van der Waals surface area contributed by atoms with Gasteiger partial charge in [-0.25, -0.2) is 17.9 Å². The summed E-state index contributed by atoms with van der Waals surface area (Å²) in [6.07, 6.45) is 2.40. The highest BCUT2D eigenvalue weighted by atomic mass is 32.2. The normalized spacial score (nSPS) is 20.7. The van der Waals surface area contributed by atoms with E-state index in [0.29, 0.717) is 31.2 Å². The summed E-state index contributed by atoms with van der Waals surface area (Å²) in [5, 5.41) is 14.5. The van der Waals surface area contributed by atoms with Gasteiger partial charge in [-0.1, -0.05) is 12.1 Å². The van der Waals surface area contributed by atoms with Gasteiger partial charge < -0.3 is 15.7 Å². The van der Waals surface area contributed by atoms with Crippen LogP contribution in [0, 0.1) is 5.92 Å². The Labute approximate surface area is 147 Å². The van der Waals surface area contributed by atoms with E-state index < -0.39 is 16.0 Å². The third-order valence-electron chi connectivity index (χ3n) is 4.34. The third-order valence-corrected chi connectivity index (χ3v) is 5.75. The molecule has 0 heterocycles. The van der Waals surface area contributed by atoms with Gasteiger partial charge in [-0.2, -0.15) is 0 Å². The number of aliphatic carboxylic acids is 1. The molecule has 1 aliphatic rings. The van der Waals surface area contributed by atoms with Crippen LogP contribution in [0.5, 0.6) is 0 Å². The van der Waals surface area contributed by atoms with E-state index in [1.807, 2.05) is 0 Å². The molecule has 9 heteroatoms. The monoisotopic (exact) mass is 369 g/mol. The van der Waals surface area contributed by atoms with Gasteiger partial charge in [0, 0.05) is 12.6 Å². The number of sulfonamides is 1. The number of nitrogens with one attached hydrogen (secondary N) is 3. The molecule has 0 spiro atoms. The number of amides is 2. The van der Waals surface area contributed by atoms with Crippen LogP contribution in [0.3, 0.4) is 0 Å². The fourth-order valence-electron chi connectivity index (χ4n) is 2.84. The van der Waals surface area contributed by atoms with Crippen LogP contribution < -0.4 is 15.4 Å². The molecule has 1 saturated carbocycles. The van der Waals surface area contributed by atoms with Gasteiger partial charge >= 0.3 is 12.0 Å². The highest BCUT2D eigenvalue weighted by molar-refractivity contribution is 7.89. The van der Waals surface area contributed by atoms with Crippen LogP contribution in [0.4, 0.5) is 4.79 Å². The van der Waals surface area contributed by atoms with Crippen LogP contribution in [0.1, 0.15) is 31.2 Å². The lowest BCUT2D eigenvalue weighted by Gasteiger charge is -2.26. The van der Waals surface area contributed by atoms with Crippen molar-refractivity contribution in [1.29, 1.82) is 0 Å². The number of benzene rings is 1. The molecule has 1 aliphatic carbocycles. The molecule has 2 amide bonds. The first-order valence-corrected chi connectivity index (χ1v) is 9.60. The molecule has 0 aromatic heterocycles. The lowest BCUT2D eigenvalue weighted by Crippen LogP contribution is -2.43. The maximum Gasteiger partial charge on any atom is 0.315 e. The molecule has 25 heavy (non-hydrogen) atoms. The molecule has 1 fully saturated rings. The summed E-state index contributed by atoms with van der Waals surface area (Å²) >= 11 is 0. The molecule has 0 bridgehead atoms. The predicted molar refractivity (Wildman–Crippen MR) is 91.4 cm³/mol. The summed E-state index contributed by atoms with van der Waals surface area (Å²) in [7, 11) is -2.18. The van der Waals surface area contributed by atoms with E-state index in [1.165, 1.54) is 19.2 Å². The number of rotatable bonds is 6. The van der Waals surface area contributed by atoms with E-state index in [2.05, 4.69) is 15.4 Å². The summed E-state index contributed by atoms with van der Waals surface area (Å²) in [5.41, 5.74) is 0.668. The minimum Gasteiger partial charge on any atom is -0.481 e. The molecule has 0 unspecified atom stereocenters. The van der Waals surface area contributed by atoms with Gasteiger partial charge in [0.15, 0.2) is 0 Å². The average molecular weight is 369 g/mol. The molecule has 0 saturated heterocycles. The van der Waals surface area contributed by atoms with Crippen molar-refractivity contribution in [2.75, 3.05) is 7.05 Å². The van der Waals surface area contributed by atoms with E-state index in [1.54, 1.807) is 12.1 Å². The first-order valence-electron chi connectivity index (χ1n) is 8.11. The van der Waals surface area contributed by atoms with Crippen LogP contribution in [-0.2, 0) is 21.4 Å². The Morgan fingerprint density at radius 1 is 1.20 bits per heavy atom. The molecule has 0 aliphatic heterocycles. The van der Waals surface area contributed by atoms with E-state index in [4.69, 9.17) is 5.11 Å². The zero-order valence-electron chi connectivity index (χ0n) is 14.0. The van der Waals surface area contributed by atoms with Crippen molar-refractivity contribution in [2.24, 2.45) is 5.92 Å². The van der Waals surface area contributed by atoms with Crippen LogP contribution in [-0.4, -0.2) is 38.6 Å². The largest absolute Gasteiger partial charge is 0.481 e. The van der Waals surface area contributed by atoms with E-state index in [9.17, 15) is 18.0 Å². The SMILES string of the molecule is CNS(=O)(=O)c1cccc(CNC(=O)NC2CCC(C(=O)O)CC2)c1. The maximum atomic E-state index is 12.0. The van der Waals surface area contributed by atoms with Crippen molar-refractivity contribution in [3.05, 3.63) is 29.8 Å². The minimum absolute atomic E-state index is 0.0356. The van der Waals surface area contributed by atoms with Gasteiger partial charge in [0.05, 0.1) is 10.8 Å². The Hall–Kier alpha value is -2.13. The Bertz CT molecular complexity index is 727.